The van der Waals surface area contributed by atoms with Gasteiger partial charge in [0.15, 0.2) is 0 Å². The summed E-state index contributed by atoms with van der Waals surface area (Å²) in [6, 6.07) is 12.5. The maximum Gasteiger partial charge on any atom is 0.257 e. The number of nitrogens with zero attached hydrogens (tertiary/aromatic N) is 5. The zero-order valence-electron chi connectivity index (χ0n) is 20.3. The van der Waals surface area contributed by atoms with Crippen LogP contribution in [-0.2, 0) is 4.79 Å². The van der Waals surface area contributed by atoms with Crippen LogP contribution >= 0.6 is 0 Å². The third-order valence-electron chi connectivity index (χ3n) is 6.98. The number of anilines is 2. The van der Waals surface area contributed by atoms with Crippen LogP contribution in [-0.4, -0.2) is 76.0 Å². The van der Waals surface area contributed by atoms with Gasteiger partial charge in [-0.1, -0.05) is 0 Å². The van der Waals surface area contributed by atoms with Gasteiger partial charge in [-0.25, -0.2) is 4.39 Å². The van der Waals surface area contributed by atoms with Crippen LogP contribution in [0.3, 0.4) is 0 Å². The van der Waals surface area contributed by atoms with Crippen molar-refractivity contribution in [3.63, 3.8) is 0 Å². The fourth-order valence-electron chi connectivity index (χ4n) is 5.04. The zero-order chi connectivity index (χ0) is 25.8. The third kappa shape index (κ3) is 5.52. The van der Waals surface area contributed by atoms with Gasteiger partial charge < -0.3 is 15.5 Å². The van der Waals surface area contributed by atoms with E-state index >= 15 is 0 Å². The maximum absolute atomic E-state index is 13.7. The summed E-state index contributed by atoms with van der Waals surface area (Å²) in [5.74, 6) is -0.425. The van der Waals surface area contributed by atoms with Gasteiger partial charge in [0, 0.05) is 60.9 Å². The molecule has 2 fully saturated rings. The Bertz CT molecular complexity index is 1320. The van der Waals surface area contributed by atoms with Gasteiger partial charge in [-0.05, 0) is 49.2 Å². The standard InChI is InChI=1S/C27H28FN7O2/c28-18-14-21(15-29)35(16-18)25(36)17-34-12-7-20(8-13-34)32-24-4-3-23(26-22(24)2-1-9-31-26)27(37)33-19-5-10-30-11-6-19/h1-6,9-11,18,20-21,32H,7-8,12-14,16-17H2,(H,30,33,37)/t18-,21?/m0/s1. The Hall–Kier alpha value is -4.10. The molecular weight excluding hydrogens is 473 g/mol. The number of piperidine rings is 1. The Morgan fingerprint density at radius 1 is 1.11 bits per heavy atom. The van der Waals surface area contributed by atoms with E-state index in [-0.39, 0.29) is 37.4 Å². The Morgan fingerprint density at radius 2 is 1.89 bits per heavy atom. The number of hydrogen-bond acceptors (Lipinski definition) is 7. The van der Waals surface area contributed by atoms with E-state index in [2.05, 4.69) is 25.5 Å². The van der Waals surface area contributed by atoms with Crippen LogP contribution in [0.25, 0.3) is 10.9 Å². The van der Waals surface area contributed by atoms with E-state index in [0.29, 0.717) is 16.8 Å². The lowest BCUT2D eigenvalue weighted by atomic mass is 10.0. The summed E-state index contributed by atoms with van der Waals surface area (Å²) in [4.78, 5) is 37.5. The summed E-state index contributed by atoms with van der Waals surface area (Å²) in [7, 11) is 0. The number of fused-ring (bicyclic) bond motifs is 1. The molecule has 190 valence electrons. The van der Waals surface area contributed by atoms with Crippen molar-refractivity contribution in [2.24, 2.45) is 0 Å². The Labute approximate surface area is 214 Å². The second-order valence-corrected chi connectivity index (χ2v) is 9.47. The first-order valence-corrected chi connectivity index (χ1v) is 12.4. The van der Waals surface area contributed by atoms with Crippen LogP contribution in [0.4, 0.5) is 15.8 Å². The largest absolute Gasteiger partial charge is 0.382 e. The van der Waals surface area contributed by atoms with Gasteiger partial charge in [-0.15, -0.1) is 0 Å². The molecule has 0 bridgehead atoms. The van der Waals surface area contributed by atoms with Crippen molar-refractivity contribution in [2.75, 3.05) is 36.8 Å². The van der Waals surface area contributed by atoms with Crippen LogP contribution in [0.1, 0.15) is 29.6 Å². The minimum atomic E-state index is -1.12. The second kappa shape index (κ2) is 10.9. The topological polar surface area (TPSA) is 114 Å². The predicted molar refractivity (Wildman–Crippen MR) is 138 cm³/mol. The van der Waals surface area contributed by atoms with Gasteiger partial charge in [-0.2, -0.15) is 5.26 Å². The van der Waals surface area contributed by atoms with E-state index < -0.39 is 12.2 Å². The molecule has 0 aliphatic carbocycles. The lowest BCUT2D eigenvalue weighted by molar-refractivity contribution is -0.132. The molecule has 2 atom stereocenters. The number of benzene rings is 1. The predicted octanol–water partition coefficient (Wildman–Crippen LogP) is 3.22. The summed E-state index contributed by atoms with van der Waals surface area (Å²) in [6.07, 6.45) is 5.54. The van der Waals surface area contributed by atoms with E-state index in [0.717, 1.165) is 37.0 Å². The van der Waals surface area contributed by atoms with E-state index in [1.807, 2.05) is 24.3 Å². The van der Waals surface area contributed by atoms with Crippen molar-refractivity contribution in [1.29, 1.82) is 5.26 Å². The van der Waals surface area contributed by atoms with Crippen molar-refractivity contribution in [2.45, 2.75) is 37.5 Å². The van der Waals surface area contributed by atoms with Crippen molar-refractivity contribution in [3.8, 4) is 6.07 Å². The number of halogens is 1. The van der Waals surface area contributed by atoms with E-state index in [1.165, 1.54) is 4.90 Å². The van der Waals surface area contributed by atoms with Gasteiger partial charge in [0.2, 0.25) is 5.91 Å². The molecule has 2 aliphatic heterocycles. The molecule has 2 saturated heterocycles. The fraction of sp³-hybridized carbons (Fsp3) is 0.370. The van der Waals surface area contributed by atoms with Gasteiger partial charge in [-0.3, -0.25) is 24.5 Å². The Morgan fingerprint density at radius 3 is 2.65 bits per heavy atom. The highest BCUT2D eigenvalue weighted by atomic mass is 19.1. The first kappa shape index (κ1) is 24.6. The average molecular weight is 502 g/mol. The molecule has 2 N–H and O–H groups in total. The van der Waals surface area contributed by atoms with E-state index in [4.69, 9.17) is 0 Å². The number of carbonyl (C=O) groups is 2. The van der Waals surface area contributed by atoms with Crippen LogP contribution in [0.5, 0.6) is 0 Å². The molecule has 10 heteroatoms. The number of nitrogens with one attached hydrogen (secondary N) is 2. The number of amides is 2. The molecule has 0 saturated carbocycles. The summed E-state index contributed by atoms with van der Waals surface area (Å²) in [6.45, 7) is 1.64. The minimum Gasteiger partial charge on any atom is -0.382 e. The highest BCUT2D eigenvalue weighted by Gasteiger charge is 2.36. The molecule has 3 aromatic rings. The third-order valence-corrected chi connectivity index (χ3v) is 6.98. The van der Waals surface area contributed by atoms with Crippen LogP contribution in [0.15, 0.2) is 55.0 Å². The summed E-state index contributed by atoms with van der Waals surface area (Å²) in [5.41, 5.74) is 2.67. The number of aromatic nitrogens is 2. The van der Waals surface area contributed by atoms with Crippen molar-refractivity contribution < 1.29 is 14.0 Å². The van der Waals surface area contributed by atoms with Crippen LogP contribution in [0.2, 0.25) is 0 Å². The average Bonchev–Trinajstić information content (AvgIpc) is 3.31. The molecule has 2 amide bonds. The van der Waals surface area contributed by atoms with E-state index in [1.54, 1.807) is 36.8 Å². The first-order valence-electron chi connectivity index (χ1n) is 12.4. The molecule has 0 spiro atoms. The fourth-order valence-corrected chi connectivity index (χ4v) is 5.04. The van der Waals surface area contributed by atoms with Crippen molar-refractivity contribution >= 4 is 34.1 Å². The SMILES string of the molecule is N#CC1C[C@H](F)CN1C(=O)CN1CCC(Nc2ccc(C(=O)Nc3ccncc3)c3ncccc23)CC1. The number of nitriles is 1. The molecule has 37 heavy (non-hydrogen) atoms. The lowest BCUT2D eigenvalue weighted by Gasteiger charge is -2.33. The molecule has 4 heterocycles. The van der Waals surface area contributed by atoms with Gasteiger partial charge in [0.05, 0.1) is 30.2 Å². The maximum atomic E-state index is 13.7. The molecule has 9 nitrogen and oxygen atoms in total. The Kier molecular flexibility index (Phi) is 7.23. The van der Waals surface area contributed by atoms with E-state index in [9.17, 15) is 19.2 Å². The number of alkyl halides is 1. The van der Waals surface area contributed by atoms with Gasteiger partial charge in [0.1, 0.15) is 12.2 Å². The molecule has 0 radical (unpaired) electrons. The summed E-state index contributed by atoms with van der Waals surface area (Å²) < 4.78 is 13.7. The van der Waals surface area contributed by atoms with Crippen LogP contribution in [0, 0.1) is 11.3 Å². The highest BCUT2D eigenvalue weighted by molar-refractivity contribution is 6.13. The molecule has 2 aliphatic rings. The van der Waals surface area contributed by atoms with Gasteiger partial charge in [0.25, 0.3) is 5.91 Å². The quantitative estimate of drug-likeness (QED) is 0.533. The second-order valence-electron chi connectivity index (χ2n) is 9.47. The van der Waals surface area contributed by atoms with Crippen molar-refractivity contribution in [1.82, 2.24) is 19.8 Å². The number of pyridine rings is 2. The first-order chi connectivity index (χ1) is 18.0. The molecule has 1 aromatic carbocycles. The zero-order valence-corrected chi connectivity index (χ0v) is 20.3. The summed E-state index contributed by atoms with van der Waals surface area (Å²) in [5, 5.41) is 16.6. The number of likely N-dealkylation sites (tertiary alicyclic amines) is 2. The van der Waals surface area contributed by atoms with Crippen molar-refractivity contribution in [3.05, 3.63) is 60.6 Å². The number of rotatable bonds is 6. The van der Waals surface area contributed by atoms with Gasteiger partial charge >= 0.3 is 0 Å². The molecule has 1 unspecified atom stereocenters. The lowest BCUT2D eigenvalue weighted by Crippen LogP contribution is -2.46. The molecular formula is C27H28FN7O2. The molecule has 2 aromatic heterocycles. The number of hydrogen-bond donors (Lipinski definition) is 2. The molecule has 5 rings (SSSR count). The minimum absolute atomic E-state index is 0.00671. The number of carbonyl (C=O) groups excluding carboxylic acids is 2. The monoisotopic (exact) mass is 501 g/mol. The normalized spacial score (nSPS) is 20.5. The summed E-state index contributed by atoms with van der Waals surface area (Å²) >= 11 is 0. The highest BCUT2D eigenvalue weighted by Crippen LogP contribution is 2.28. The Balaban J connectivity index is 1.21. The van der Waals surface area contributed by atoms with Crippen LogP contribution < -0.4 is 10.6 Å². The smallest absolute Gasteiger partial charge is 0.257 e.